The number of ether oxygens (including phenoxy) is 5. The van der Waals surface area contributed by atoms with Gasteiger partial charge in [-0.25, -0.2) is 4.79 Å². The Bertz CT molecular complexity index is 1760. The second-order valence-electron chi connectivity index (χ2n) is 22.7. The fourth-order valence-electron chi connectivity index (χ4n) is 9.84. The van der Waals surface area contributed by atoms with Gasteiger partial charge in [0.2, 0.25) is 0 Å². The molecule has 1 fully saturated rings. The maximum absolute atomic E-state index is 13.2. The maximum Gasteiger partial charge on any atom is 0.335 e. The second kappa shape index (κ2) is 58.3. The Morgan fingerprint density at radius 3 is 1.19 bits per heavy atom. The molecule has 0 bridgehead atoms. The van der Waals surface area contributed by atoms with Crippen LogP contribution >= 0.6 is 0 Å². The number of carboxylic acids is 1. The van der Waals surface area contributed by atoms with Crippen LogP contribution in [-0.4, -0.2) is 89.2 Å². The van der Waals surface area contributed by atoms with Gasteiger partial charge in [-0.2, -0.15) is 0 Å². The number of carbonyl (C=O) groups is 4. The molecule has 0 aromatic rings. The van der Waals surface area contributed by atoms with E-state index in [0.29, 0.717) is 19.3 Å². The van der Waals surface area contributed by atoms with Gasteiger partial charge in [-0.15, -0.1) is 0 Å². The number of allylic oxidation sites excluding steroid dienone is 14. The van der Waals surface area contributed by atoms with Crippen LogP contribution in [0.4, 0.5) is 0 Å². The zero-order valence-electron chi connectivity index (χ0n) is 52.7. The SMILES string of the molecule is CC/C=C\C/C=C\C/C=C\C/C=C\C/C=C\CCCCCC(=O)OCC(COC1OC(C(=O)O)C(O)C(O)C1OC(=O)CCCCCCCCCCC/C=C\C/C=C\CCCCC)OC(=O)CCCCCCCCCCCCCCCCC. The molecule has 0 aromatic heterocycles. The van der Waals surface area contributed by atoms with Gasteiger partial charge in [-0.3, -0.25) is 14.4 Å². The van der Waals surface area contributed by atoms with Crippen molar-refractivity contribution in [3.05, 3.63) is 85.1 Å². The number of aliphatic hydroxyl groups excluding tert-OH is 2. The average molecular weight is 1170 g/mol. The van der Waals surface area contributed by atoms with Crippen molar-refractivity contribution in [1.29, 1.82) is 0 Å². The fraction of sp³-hybridized carbons (Fsp3) is 0.746. The molecule has 1 aliphatic heterocycles. The van der Waals surface area contributed by atoms with E-state index in [1.54, 1.807) is 0 Å². The van der Waals surface area contributed by atoms with E-state index in [1.165, 1.54) is 122 Å². The van der Waals surface area contributed by atoms with Gasteiger partial charge >= 0.3 is 23.9 Å². The van der Waals surface area contributed by atoms with E-state index in [-0.39, 0.29) is 25.9 Å². The molecule has 12 heteroatoms. The molecule has 1 heterocycles. The molecule has 12 nitrogen and oxygen atoms in total. The van der Waals surface area contributed by atoms with E-state index in [1.807, 2.05) is 0 Å². The number of rotatable bonds is 57. The van der Waals surface area contributed by atoms with Crippen molar-refractivity contribution in [2.24, 2.45) is 0 Å². The largest absolute Gasteiger partial charge is 0.479 e. The van der Waals surface area contributed by atoms with E-state index in [9.17, 15) is 34.5 Å². The van der Waals surface area contributed by atoms with Gasteiger partial charge in [-0.1, -0.05) is 260 Å². The van der Waals surface area contributed by atoms with Gasteiger partial charge in [0, 0.05) is 19.3 Å². The second-order valence-corrected chi connectivity index (χ2v) is 22.7. The number of aliphatic hydroxyl groups is 2. The summed E-state index contributed by atoms with van der Waals surface area (Å²) >= 11 is 0. The van der Waals surface area contributed by atoms with Gasteiger partial charge < -0.3 is 39.0 Å². The van der Waals surface area contributed by atoms with Crippen molar-refractivity contribution in [3.63, 3.8) is 0 Å². The number of carboxylic acid groups (broad SMARTS) is 1. The Morgan fingerprint density at radius 1 is 0.410 bits per heavy atom. The summed E-state index contributed by atoms with van der Waals surface area (Å²) in [4.78, 5) is 51.4. The molecule has 0 spiro atoms. The summed E-state index contributed by atoms with van der Waals surface area (Å²) in [5, 5.41) is 31.6. The Kier molecular flexibility index (Phi) is 54.0. The van der Waals surface area contributed by atoms with Gasteiger partial charge in [0.15, 0.2) is 24.6 Å². The third kappa shape index (κ3) is 47.8. The summed E-state index contributed by atoms with van der Waals surface area (Å²) < 4.78 is 28.5. The van der Waals surface area contributed by atoms with Crippen molar-refractivity contribution in [1.82, 2.24) is 0 Å². The number of esters is 3. The molecule has 1 rings (SSSR count). The lowest BCUT2D eigenvalue weighted by Gasteiger charge is -2.40. The monoisotopic (exact) mass is 1160 g/mol. The zero-order chi connectivity index (χ0) is 60.3. The van der Waals surface area contributed by atoms with E-state index in [2.05, 4.69) is 106 Å². The Labute approximate surface area is 505 Å². The highest BCUT2D eigenvalue weighted by atomic mass is 16.7. The summed E-state index contributed by atoms with van der Waals surface area (Å²) in [6.45, 7) is 5.86. The van der Waals surface area contributed by atoms with E-state index in [0.717, 1.165) is 109 Å². The lowest BCUT2D eigenvalue weighted by Crippen LogP contribution is -2.61. The van der Waals surface area contributed by atoms with Crippen LogP contribution in [0.25, 0.3) is 0 Å². The molecule has 0 amide bonds. The molecule has 83 heavy (non-hydrogen) atoms. The quantitative estimate of drug-likeness (QED) is 0.0228. The van der Waals surface area contributed by atoms with Crippen LogP contribution in [0.5, 0.6) is 0 Å². The van der Waals surface area contributed by atoms with Crippen molar-refractivity contribution in [2.45, 2.75) is 327 Å². The van der Waals surface area contributed by atoms with Crippen molar-refractivity contribution in [2.75, 3.05) is 13.2 Å². The van der Waals surface area contributed by atoms with Crippen molar-refractivity contribution < 1.29 is 58.2 Å². The maximum atomic E-state index is 13.2. The first kappa shape index (κ1) is 76.9. The van der Waals surface area contributed by atoms with Crippen LogP contribution < -0.4 is 0 Å². The fourth-order valence-corrected chi connectivity index (χ4v) is 9.84. The molecule has 0 saturated carbocycles. The Morgan fingerprint density at radius 2 is 0.759 bits per heavy atom. The van der Waals surface area contributed by atoms with Crippen LogP contribution in [0.1, 0.15) is 290 Å². The molecule has 0 aliphatic carbocycles. The minimum atomic E-state index is -1.91. The summed E-state index contributed by atoms with van der Waals surface area (Å²) in [5.41, 5.74) is 0. The third-order valence-corrected chi connectivity index (χ3v) is 15.0. The zero-order valence-corrected chi connectivity index (χ0v) is 52.7. The molecule has 3 N–H and O–H groups in total. The number of carbonyl (C=O) groups excluding carboxylic acids is 3. The first-order valence-corrected chi connectivity index (χ1v) is 33.6. The number of aliphatic carboxylic acids is 1. The standard InChI is InChI=1S/C71H120O12/c1-4-7-10-13-16-19-22-25-28-30-32-34-37-39-42-45-48-51-54-57-63(72)79-60-62(81-64(73)58-55-52-49-46-43-40-36-27-24-21-18-15-12-9-6-3)61-80-71-69(67(76)66(75)68(83-71)70(77)78)82-65(74)59-56-53-50-47-44-41-38-35-33-31-29-26-23-20-17-14-11-8-5-2/h7,10,16-17,19-20,25-26,28-29,32,34,39,42,62,66-69,71,75-76H,4-6,8-9,11-15,18,21-24,27,30-31,33,35-38,40-41,43-61H2,1-3H3,(H,77,78)/b10-7-,19-16-,20-17-,28-25-,29-26-,34-32-,42-39-. The Hall–Kier alpha value is -4.10. The molecule has 6 unspecified atom stereocenters. The smallest absolute Gasteiger partial charge is 0.335 e. The topological polar surface area (TPSA) is 175 Å². The number of hydrogen-bond acceptors (Lipinski definition) is 11. The summed E-state index contributed by atoms with van der Waals surface area (Å²) in [6.07, 6.45) is 63.9. The van der Waals surface area contributed by atoms with Crippen LogP contribution in [0.15, 0.2) is 85.1 Å². The molecule has 6 atom stereocenters. The molecule has 476 valence electrons. The highest BCUT2D eigenvalue weighted by molar-refractivity contribution is 5.74. The molecule has 1 aliphatic rings. The molecule has 0 radical (unpaired) electrons. The summed E-state index contributed by atoms with van der Waals surface area (Å²) in [6, 6.07) is 0. The van der Waals surface area contributed by atoms with Gasteiger partial charge in [0.1, 0.15) is 18.8 Å². The highest BCUT2D eigenvalue weighted by Gasteiger charge is 2.50. The molecule has 0 aromatic carbocycles. The number of unbranched alkanes of at least 4 members (excludes halogenated alkanes) is 29. The van der Waals surface area contributed by atoms with E-state index < -0.39 is 67.3 Å². The normalized spacial score (nSPS) is 18.1. The lowest BCUT2D eigenvalue weighted by molar-refractivity contribution is -0.301. The predicted octanol–water partition coefficient (Wildman–Crippen LogP) is 18.2. The van der Waals surface area contributed by atoms with Gasteiger partial charge in [0.05, 0.1) is 6.61 Å². The predicted molar refractivity (Wildman–Crippen MR) is 340 cm³/mol. The van der Waals surface area contributed by atoms with E-state index in [4.69, 9.17) is 23.7 Å². The van der Waals surface area contributed by atoms with Crippen molar-refractivity contribution >= 4 is 23.9 Å². The van der Waals surface area contributed by atoms with Crippen LogP contribution in [0.2, 0.25) is 0 Å². The summed E-state index contributed by atoms with van der Waals surface area (Å²) in [7, 11) is 0. The molecular weight excluding hydrogens is 1040 g/mol. The first-order chi connectivity index (χ1) is 40.6. The van der Waals surface area contributed by atoms with Gasteiger partial charge in [0.25, 0.3) is 0 Å². The Balaban J connectivity index is 2.66. The van der Waals surface area contributed by atoms with E-state index >= 15 is 0 Å². The summed E-state index contributed by atoms with van der Waals surface area (Å²) in [5.74, 6) is -3.15. The minimum Gasteiger partial charge on any atom is -0.479 e. The van der Waals surface area contributed by atoms with Crippen molar-refractivity contribution in [3.8, 4) is 0 Å². The highest BCUT2D eigenvalue weighted by Crippen LogP contribution is 2.27. The van der Waals surface area contributed by atoms with Gasteiger partial charge in [-0.05, 0) is 96.3 Å². The minimum absolute atomic E-state index is 0.0510. The van der Waals surface area contributed by atoms with Crippen LogP contribution in [0, 0.1) is 0 Å². The average Bonchev–Trinajstić information content (AvgIpc) is 3.57. The first-order valence-electron chi connectivity index (χ1n) is 33.6. The molecule has 1 saturated heterocycles. The third-order valence-electron chi connectivity index (χ3n) is 15.0. The lowest BCUT2D eigenvalue weighted by atomic mass is 9.98. The molecular formula is C71H120O12. The van der Waals surface area contributed by atoms with Crippen LogP contribution in [0.3, 0.4) is 0 Å². The van der Waals surface area contributed by atoms with Crippen LogP contribution in [-0.2, 0) is 42.9 Å². The number of hydrogen-bond donors (Lipinski definition) is 3.